The average Bonchev–Trinajstić information content (AvgIpc) is 3.24. The van der Waals surface area contributed by atoms with Crippen LogP contribution in [0.4, 0.5) is 0 Å². The molecule has 3 aromatic carbocycles. The molecule has 150 valence electrons. The number of hydrogen-bond donors (Lipinski definition) is 0. The van der Waals surface area contributed by atoms with Crippen molar-refractivity contribution in [3.8, 4) is 5.75 Å². The van der Waals surface area contributed by atoms with Crippen LogP contribution in [-0.2, 0) is 12.4 Å². The molecular weight excluding hydrogens is 416 g/mol. The Kier molecular flexibility index (Phi) is 6.79. The van der Waals surface area contributed by atoms with Crippen LogP contribution < -0.4 is 4.74 Å². The fraction of sp³-hybridized carbons (Fsp3) is 0.0870. The lowest BCUT2D eigenvalue weighted by atomic mass is 10.2. The third-order valence-electron chi connectivity index (χ3n) is 4.22. The van der Waals surface area contributed by atoms with Gasteiger partial charge in [0.2, 0.25) is 5.16 Å². The molecule has 0 radical (unpaired) electrons. The lowest BCUT2D eigenvalue weighted by Crippen LogP contribution is -1.96. The van der Waals surface area contributed by atoms with Crippen LogP contribution in [0, 0.1) is 0 Å². The van der Waals surface area contributed by atoms with Crippen molar-refractivity contribution in [3.05, 3.63) is 107 Å². The van der Waals surface area contributed by atoms with Gasteiger partial charge in [-0.15, -0.1) is 10.2 Å². The van der Waals surface area contributed by atoms with Gasteiger partial charge >= 0.3 is 0 Å². The number of halogens is 1. The summed E-state index contributed by atoms with van der Waals surface area (Å²) >= 11 is 7.50. The first-order valence-corrected chi connectivity index (χ1v) is 10.7. The second-order valence-electron chi connectivity index (χ2n) is 6.46. The molecule has 0 spiro atoms. The van der Waals surface area contributed by atoms with Gasteiger partial charge in [-0.05, 0) is 41.0 Å². The van der Waals surface area contributed by atoms with E-state index >= 15 is 0 Å². The van der Waals surface area contributed by atoms with E-state index in [0.29, 0.717) is 6.61 Å². The summed E-state index contributed by atoms with van der Waals surface area (Å²) in [6.07, 6.45) is 3.36. The van der Waals surface area contributed by atoms with Crippen LogP contribution in [0.25, 0.3) is 0 Å². The van der Waals surface area contributed by atoms with Crippen molar-refractivity contribution in [2.75, 3.05) is 0 Å². The molecule has 0 bridgehead atoms. The molecule has 0 amide bonds. The van der Waals surface area contributed by atoms with E-state index in [1.54, 1.807) is 29.0 Å². The van der Waals surface area contributed by atoms with Crippen molar-refractivity contribution in [2.45, 2.75) is 17.5 Å². The predicted molar refractivity (Wildman–Crippen MR) is 121 cm³/mol. The van der Waals surface area contributed by atoms with Gasteiger partial charge in [-0.2, -0.15) is 9.78 Å². The van der Waals surface area contributed by atoms with Crippen LogP contribution in [0.3, 0.4) is 0 Å². The minimum atomic E-state index is 0.526. The molecule has 1 heterocycles. The molecule has 0 aliphatic heterocycles. The maximum absolute atomic E-state index is 5.94. The maximum Gasteiger partial charge on any atom is 0.212 e. The standard InChI is InChI=1S/C23H19ClN4OS/c24-21-11-9-19(10-12-21)16-30-23-27-25-17-28(23)26-14-20-7-4-8-22(13-20)29-15-18-5-2-1-3-6-18/h1-14,17H,15-16H2/b26-14+. The average molecular weight is 435 g/mol. The number of thioether (sulfide) groups is 1. The first kappa shape index (κ1) is 20.2. The molecule has 0 atom stereocenters. The second-order valence-corrected chi connectivity index (χ2v) is 7.84. The number of benzene rings is 3. The molecule has 0 saturated heterocycles. The lowest BCUT2D eigenvalue weighted by molar-refractivity contribution is 0.306. The van der Waals surface area contributed by atoms with Crippen molar-refractivity contribution in [2.24, 2.45) is 5.10 Å². The van der Waals surface area contributed by atoms with E-state index in [1.807, 2.05) is 78.9 Å². The molecule has 7 heteroatoms. The maximum atomic E-state index is 5.94. The van der Waals surface area contributed by atoms with Crippen LogP contribution in [0.1, 0.15) is 16.7 Å². The summed E-state index contributed by atoms with van der Waals surface area (Å²) in [6.45, 7) is 0.526. The monoisotopic (exact) mass is 434 g/mol. The summed E-state index contributed by atoms with van der Waals surface area (Å²) in [4.78, 5) is 0. The van der Waals surface area contributed by atoms with Gasteiger partial charge in [-0.25, -0.2) is 0 Å². The van der Waals surface area contributed by atoms with Crippen molar-refractivity contribution in [3.63, 3.8) is 0 Å². The lowest BCUT2D eigenvalue weighted by Gasteiger charge is -2.06. The Balaban J connectivity index is 1.38. The van der Waals surface area contributed by atoms with Crippen LogP contribution >= 0.6 is 23.4 Å². The SMILES string of the molecule is Clc1ccc(CSc2nncn2/N=C/c2cccc(OCc3ccccc3)c2)cc1. The molecule has 4 aromatic rings. The quantitative estimate of drug-likeness (QED) is 0.264. The van der Waals surface area contributed by atoms with Crippen molar-refractivity contribution >= 4 is 29.6 Å². The Morgan fingerprint density at radius 1 is 0.967 bits per heavy atom. The number of hydrogen-bond acceptors (Lipinski definition) is 5. The smallest absolute Gasteiger partial charge is 0.212 e. The van der Waals surface area contributed by atoms with E-state index in [2.05, 4.69) is 15.3 Å². The Bertz CT molecular complexity index is 1110. The summed E-state index contributed by atoms with van der Waals surface area (Å²) < 4.78 is 7.55. The van der Waals surface area contributed by atoms with Crippen LogP contribution in [0.2, 0.25) is 5.02 Å². The number of nitrogens with zero attached hydrogens (tertiary/aromatic N) is 4. The first-order chi connectivity index (χ1) is 14.8. The summed E-state index contributed by atoms with van der Waals surface area (Å²) in [5.41, 5.74) is 3.22. The topological polar surface area (TPSA) is 52.3 Å². The van der Waals surface area contributed by atoms with Gasteiger partial charge in [0.15, 0.2) is 0 Å². The Morgan fingerprint density at radius 2 is 1.80 bits per heavy atom. The normalized spacial score (nSPS) is 11.1. The Labute approximate surface area is 184 Å². The van der Waals surface area contributed by atoms with Gasteiger partial charge in [0.05, 0.1) is 6.21 Å². The van der Waals surface area contributed by atoms with E-state index in [1.165, 1.54) is 0 Å². The minimum absolute atomic E-state index is 0.526. The Hall–Kier alpha value is -3.09. The summed E-state index contributed by atoms with van der Waals surface area (Å²) in [7, 11) is 0. The Morgan fingerprint density at radius 3 is 2.63 bits per heavy atom. The molecular formula is C23H19ClN4OS. The molecule has 30 heavy (non-hydrogen) atoms. The molecule has 0 N–H and O–H groups in total. The van der Waals surface area contributed by atoms with Gasteiger partial charge in [0.25, 0.3) is 0 Å². The molecule has 0 fully saturated rings. The van der Waals surface area contributed by atoms with E-state index in [0.717, 1.165) is 38.4 Å². The zero-order valence-corrected chi connectivity index (χ0v) is 17.6. The fourth-order valence-electron chi connectivity index (χ4n) is 2.68. The first-order valence-electron chi connectivity index (χ1n) is 9.35. The van der Waals surface area contributed by atoms with Crippen molar-refractivity contribution in [1.29, 1.82) is 0 Å². The highest BCUT2D eigenvalue weighted by Gasteiger charge is 2.05. The molecule has 4 rings (SSSR count). The summed E-state index contributed by atoms with van der Waals surface area (Å²) in [5, 5.41) is 14.1. The van der Waals surface area contributed by atoms with Gasteiger partial charge < -0.3 is 4.74 Å². The zero-order valence-electron chi connectivity index (χ0n) is 16.1. The fourth-order valence-corrected chi connectivity index (χ4v) is 3.62. The molecule has 1 aromatic heterocycles. The van der Waals surface area contributed by atoms with Gasteiger partial charge in [0.1, 0.15) is 18.7 Å². The van der Waals surface area contributed by atoms with Crippen molar-refractivity contribution in [1.82, 2.24) is 14.9 Å². The van der Waals surface area contributed by atoms with Crippen molar-refractivity contribution < 1.29 is 4.74 Å². The number of rotatable bonds is 8. The van der Waals surface area contributed by atoms with Gasteiger partial charge in [-0.1, -0.05) is 78.0 Å². The third-order valence-corrected chi connectivity index (χ3v) is 5.48. The summed E-state index contributed by atoms with van der Waals surface area (Å²) in [6, 6.07) is 25.7. The van der Waals surface area contributed by atoms with Crippen LogP contribution in [0.15, 0.2) is 95.4 Å². The van der Waals surface area contributed by atoms with E-state index in [4.69, 9.17) is 16.3 Å². The highest BCUT2D eigenvalue weighted by Crippen LogP contribution is 2.22. The largest absolute Gasteiger partial charge is 0.489 e. The van der Waals surface area contributed by atoms with Crippen LogP contribution in [0.5, 0.6) is 5.75 Å². The number of aromatic nitrogens is 3. The molecule has 5 nitrogen and oxygen atoms in total. The second kappa shape index (κ2) is 10.1. The van der Waals surface area contributed by atoms with Crippen LogP contribution in [-0.4, -0.2) is 21.1 Å². The molecule has 0 aliphatic carbocycles. The molecule has 0 saturated carbocycles. The minimum Gasteiger partial charge on any atom is -0.489 e. The zero-order chi connectivity index (χ0) is 20.6. The van der Waals surface area contributed by atoms with Gasteiger partial charge in [0, 0.05) is 10.8 Å². The third kappa shape index (κ3) is 5.72. The highest BCUT2D eigenvalue weighted by molar-refractivity contribution is 7.98. The summed E-state index contributed by atoms with van der Waals surface area (Å²) in [5.74, 6) is 1.55. The van der Waals surface area contributed by atoms with E-state index in [9.17, 15) is 0 Å². The van der Waals surface area contributed by atoms with E-state index < -0.39 is 0 Å². The molecule has 0 unspecified atom stereocenters. The number of ether oxygens (including phenoxy) is 1. The predicted octanol–water partition coefficient (Wildman–Crippen LogP) is 5.69. The van der Waals surface area contributed by atoms with E-state index in [-0.39, 0.29) is 0 Å². The highest BCUT2D eigenvalue weighted by atomic mass is 35.5. The molecule has 0 aliphatic rings. The van der Waals surface area contributed by atoms with Gasteiger partial charge in [-0.3, -0.25) is 0 Å².